The molecule has 1 N–H and O–H groups in total. The van der Waals surface area contributed by atoms with E-state index < -0.39 is 22.5 Å². The standard InChI is InChI=1S/C16H15Cl2N3O3S/c1-21(25(23,24)15-9-13(17)7-8-14(15)18)11-16(22)20-19-10-12-5-3-2-4-6-12/h2-10H,11H2,1H3,(H,20,22)/b19-10-. The number of nitrogens with one attached hydrogen (secondary N) is 1. The van der Waals surface area contributed by atoms with Gasteiger partial charge in [-0.15, -0.1) is 0 Å². The van der Waals surface area contributed by atoms with Crippen molar-refractivity contribution in [2.45, 2.75) is 4.90 Å². The van der Waals surface area contributed by atoms with Crippen LogP contribution in [0.4, 0.5) is 0 Å². The number of amides is 1. The molecule has 0 aliphatic carbocycles. The van der Waals surface area contributed by atoms with Crippen LogP contribution in [0.1, 0.15) is 5.56 Å². The summed E-state index contributed by atoms with van der Waals surface area (Å²) in [6.07, 6.45) is 1.46. The molecule has 2 rings (SSSR count). The first kappa shape index (κ1) is 19.4. The highest BCUT2D eigenvalue weighted by molar-refractivity contribution is 7.89. The summed E-state index contributed by atoms with van der Waals surface area (Å²) in [5.74, 6) is -0.587. The van der Waals surface area contributed by atoms with Crippen LogP contribution in [0.2, 0.25) is 10.0 Å². The summed E-state index contributed by atoms with van der Waals surface area (Å²) in [7, 11) is -2.69. The molecule has 2 aromatic carbocycles. The molecule has 0 bridgehead atoms. The topological polar surface area (TPSA) is 78.8 Å². The van der Waals surface area contributed by atoms with Crippen molar-refractivity contribution in [3.05, 3.63) is 64.1 Å². The zero-order chi connectivity index (χ0) is 18.4. The van der Waals surface area contributed by atoms with Gasteiger partial charge in [0.15, 0.2) is 0 Å². The molecule has 6 nitrogen and oxygen atoms in total. The third-order valence-corrected chi connectivity index (χ3v) is 5.67. The smallest absolute Gasteiger partial charge is 0.255 e. The minimum absolute atomic E-state index is 0.0266. The van der Waals surface area contributed by atoms with E-state index in [4.69, 9.17) is 23.2 Å². The molecular weight excluding hydrogens is 385 g/mol. The van der Waals surface area contributed by atoms with Crippen LogP contribution in [0.5, 0.6) is 0 Å². The predicted molar refractivity (Wildman–Crippen MR) is 98.5 cm³/mol. The Morgan fingerprint density at radius 2 is 1.88 bits per heavy atom. The number of hydrogen-bond acceptors (Lipinski definition) is 4. The van der Waals surface area contributed by atoms with Gasteiger partial charge >= 0.3 is 0 Å². The minimum Gasteiger partial charge on any atom is -0.272 e. The summed E-state index contributed by atoms with van der Waals surface area (Å²) in [5, 5.41) is 4.04. The highest BCUT2D eigenvalue weighted by atomic mass is 35.5. The number of nitrogens with zero attached hydrogens (tertiary/aromatic N) is 2. The van der Waals surface area contributed by atoms with E-state index >= 15 is 0 Å². The highest BCUT2D eigenvalue weighted by Gasteiger charge is 2.25. The average Bonchev–Trinajstić information content (AvgIpc) is 2.57. The Balaban J connectivity index is 2.02. The summed E-state index contributed by atoms with van der Waals surface area (Å²) in [6.45, 7) is -0.419. The number of carbonyl (C=O) groups is 1. The van der Waals surface area contributed by atoms with Crippen molar-refractivity contribution in [1.82, 2.24) is 9.73 Å². The monoisotopic (exact) mass is 399 g/mol. The fourth-order valence-corrected chi connectivity index (χ4v) is 3.74. The lowest BCUT2D eigenvalue weighted by Gasteiger charge is -2.17. The second-order valence-corrected chi connectivity index (χ2v) is 7.90. The molecule has 2 aromatic rings. The zero-order valence-electron chi connectivity index (χ0n) is 13.2. The lowest BCUT2D eigenvalue weighted by Crippen LogP contribution is -2.36. The van der Waals surface area contributed by atoms with E-state index in [2.05, 4.69) is 10.5 Å². The normalized spacial score (nSPS) is 11.8. The second kappa shape index (κ2) is 8.44. The third-order valence-electron chi connectivity index (χ3n) is 3.15. The summed E-state index contributed by atoms with van der Waals surface area (Å²) in [5.41, 5.74) is 3.08. The third kappa shape index (κ3) is 5.27. The van der Waals surface area contributed by atoms with Gasteiger partial charge in [-0.2, -0.15) is 9.41 Å². The van der Waals surface area contributed by atoms with Gasteiger partial charge in [0.05, 0.1) is 17.8 Å². The van der Waals surface area contributed by atoms with Gasteiger partial charge in [-0.05, 0) is 23.8 Å². The molecule has 25 heavy (non-hydrogen) atoms. The molecule has 1 amide bonds. The lowest BCUT2D eigenvalue weighted by molar-refractivity contribution is -0.121. The maximum Gasteiger partial charge on any atom is 0.255 e. The van der Waals surface area contributed by atoms with E-state index in [0.29, 0.717) is 0 Å². The van der Waals surface area contributed by atoms with Crippen LogP contribution in [-0.2, 0) is 14.8 Å². The molecule has 0 atom stereocenters. The van der Waals surface area contributed by atoms with Gasteiger partial charge in [0.1, 0.15) is 4.90 Å². The number of hydrogen-bond donors (Lipinski definition) is 1. The molecule has 0 aliphatic rings. The Hall–Kier alpha value is -1.93. The molecule has 0 heterocycles. The van der Waals surface area contributed by atoms with Crippen molar-refractivity contribution >= 4 is 45.3 Å². The van der Waals surface area contributed by atoms with Crippen LogP contribution in [0.15, 0.2) is 58.5 Å². The van der Waals surface area contributed by atoms with E-state index in [9.17, 15) is 13.2 Å². The van der Waals surface area contributed by atoms with Gasteiger partial charge in [0, 0.05) is 12.1 Å². The number of carbonyl (C=O) groups excluding carboxylic acids is 1. The van der Waals surface area contributed by atoms with E-state index in [0.717, 1.165) is 9.87 Å². The van der Waals surface area contributed by atoms with Crippen molar-refractivity contribution in [2.24, 2.45) is 5.10 Å². The van der Waals surface area contributed by atoms with E-state index in [1.807, 2.05) is 30.3 Å². The minimum atomic E-state index is -3.96. The molecule has 0 unspecified atom stereocenters. The van der Waals surface area contributed by atoms with Crippen molar-refractivity contribution in [3.8, 4) is 0 Å². The lowest BCUT2D eigenvalue weighted by atomic mass is 10.2. The first-order chi connectivity index (χ1) is 11.8. The van der Waals surface area contributed by atoms with E-state index in [-0.39, 0.29) is 14.9 Å². The fourth-order valence-electron chi connectivity index (χ4n) is 1.88. The van der Waals surface area contributed by atoms with Crippen molar-refractivity contribution in [3.63, 3.8) is 0 Å². The van der Waals surface area contributed by atoms with Crippen LogP contribution < -0.4 is 5.43 Å². The van der Waals surface area contributed by atoms with E-state index in [1.54, 1.807) is 0 Å². The van der Waals surface area contributed by atoms with Gasteiger partial charge in [0.25, 0.3) is 5.91 Å². The Kier molecular flexibility index (Phi) is 6.55. The number of rotatable bonds is 6. The highest BCUT2D eigenvalue weighted by Crippen LogP contribution is 2.26. The largest absolute Gasteiger partial charge is 0.272 e. The summed E-state index contributed by atoms with van der Waals surface area (Å²) in [4.78, 5) is 11.7. The molecule has 0 radical (unpaired) electrons. The van der Waals surface area contributed by atoms with Gasteiger partial charge in [-0.1, -0.05) is 53.5 Å². The zero-order valence-corrected chi connectivity index (χ0v) is 15.5. The number of hydrazone groups is 1. The molecule has 9 heteroatoms. The first-order valence-electron chi connectivity index (χ1n) is 7.09. The summed E-state index contributed by atoms with van der Waals surface area (Å²) >= 11 is 11.7. The number of sulfonamides is 1. The molecule has 0 spiro atoms. The van der Waals surface area contributed by atoms with Gasteiger partial charge < -0.3 is 0 Å². The molecule has 0 fully saturated rings. The number of halogens is 2. The molecule has 0 aliphatic heterocycles. The van der Waals surface area contributed by atoms with Crippen LogP contribution in [0.25, 0.3) is 0 Å². The van der Waals surface area contributed by atoms with Gasteiger partial charge in [0.2, 0.25) is 10.0 Å². The molecule has 0 saturated heterocycles. The second-order valence-electron chi connectivity index (χ2n) is 5.04. The molecule has 132 valence electrons. The summed E-state index contributed by atoms with van der Waals surface area (Å²) < 4.78 is 25.9. The fraction of sp³-hybridized carbons (Fsp3) is 0.125. The molecular formula is C16H15Cl2N3O3S. The quantitative estimate of drug-likeness (QED) is 0.598. The Morgan fingerprint density at radius 1 is 1.20 bits per heavy atom. The van der Waals surface area contributed by atoms with Crippen LogP contribution in [0, 0.1) is 0 Å². The SMILES string of the molecule is CN(CC(=O)N/N=C\c1ccccc1)S(=O)(=O)c1cc(Cl)ccc1Cl. The van der Waals surface area contributed by atoms with Crippen molar-refractivity contribution in [2.75, 3.05) is 13.6 Å². The van der Waals surface area contributed by atoms with Gasteiger partial charge in [-0.3, -0.25) is 4.79 Å². The maximum absolute atomic E-state index is 12.5. The Labute approximate surface area is 156 Å². The van der Waals surface area contributed by atoms with Gasteiger partial charge in [-0.25, -0.2) is 13.8 Å². The maximum atomic E-state index is 12.5. The first-order valence-corrected chi connectivity index (χ1v) is 9.28. The molecule has 0 saturated carbocycles. The Bertz CT molecular complexity index is 887. The molecule has 0 aromatic heterocycles. The number of benzene rings is 2. The summed E-state index contributed by atoms with van der Waals surface area (Å²) in [6, 6.07) is 13.2. The average molecular weight is 400 g/mol. The van der Waals surface area contributed by atoms with Crippen molar-refractivity contribution in [1.29, 1.82) is 0 Å². The van der Waals surface area contributed by atoms with Crippen molar-refractivity contribution < 1.29 is 13.2 Å². The van der Waals surface area contributed by atoms with Crippen LogP contribution in [-0.4, -0.2) is 38.4 Å². The predicted octanol–water partition coefficient (Wildman–Crippen LogP) is 2.76. The number of likely N-dealkylation sites (N-methyl/N-ethyl adjacent to an activating group) is 1. The van der Waals surface area contributed by atoms with Crippen LogP contribution in [0.3, 0.4) is 0 Å². The van der Waals surface area contributed by atoms with Crippen LogP contribution >= 0.6 is 23.2 Å². The van der Waals surface area contributed by atoms with E-state index in [1.165, 1.54) is 31.5 Å². The Morgan fingerprint density at radius 3 is 2.56 bits per heavy atom.